The van der Waals surface area contributed by atoms with Crippen molar-refractivity contribution in [3.63, 3.8) is 0 Å². The van der Waals surface area contributed by atoms with Crippen LogP contribution in [0.4, 0.5) is 4.79 Å². The molecule has 31 heteroatoms. The number of aliphatic carboxylic acids is 2. The highest BCUT2D eigenvalue weighted by molar-refractivity contribution is 8.90. The molecule has 1 aliphatic carbocycles. The number of nitrogens with one attached hydrogen (secondary N) is 5. The molecule has 2 fully saturated rings. The van der Waals surface area contributed by atoms with Crippen molar-refractivity contribution in [3.05, 3.63) is 48.0 Å². The minimum atomic E-state index is -1.30. The number of unbranched alkanes of at least 4 members (excludes halogenated alkanes) is 1. The maximum absolute atomic E-state index is 14.0. The molecule has 25 nitrogen and oxygen atoms in total. The standard InChI is InChI=1S/C48H75N9O16P6/c58-31-70-24-14-42(73-34-61)52-48(69)51-40(47(67)68)7-3-4-15-49-46(66)41(26-35-8-9-36-5-1-2-6-38(36)25-35)50-45(65)37-10-12-39(13-11-37)53-78(77-74)79(75)76-44(64)28-55-17-16-54(27-43(62)63)18-20-56(29-71-32-59)22-23-57(21-19-55)30-72-33-60/h1-2,5-6,8-9,25,31-34,37,39-42,53,76-77H,3-4,7,10-24,26-30,74-75H2,(H,49,66)(H,50,65)(H,62,63)(H,67,68)(H2,51,52,69)/t37?,39?,40-,41-,42+,78?,79?/m0/s1. The fraction of sp³-hybridized carbons (Fsp3) is 0.583. The van der Waals surface area contributed by atoms with E-state index in [0.717, 1.165) is 29.2 Å². The normalized spacial score (nSPS) is 19.3. The summed E-state index contributed by atoms with van der Waals surface area (Å²) in [5, 5.41) is 35.8. The van der Waals surface area contributed by atoms with Crippen molar-refractivity contribution in [2.75, 3.05) is 92.1 Å². The van der Waals surface area contributed by atoms with Gasteiger partial charge in [0.25, 0.3) is 25.9 Å². The van der Waals surface area contributed by atoms with Gasteiger partial charge >= 0.3 is 18.0 Å². The van der Waals surface area contributed by atoms with Crippen molar-refractivity contribution in [2.24, 2.45) is 5.92 Å². The number of hydrogen-bond donors (Lipinski definition) is 7. The van der Waals surface area contributed by atoms with E-state index in [2.05, 4.69) is 48.9 Å². The molecule has 9 atom stereocenters. The summed E-state index contributed by atoms with van der Waals surface area (Å²) >= 11 is 0. The van der Waals surface area contributed by atoms with E-state index >= 15 is 0 Å². The van der Waals surface area contributed by atoms with Crippen LogP contribution in [-0.2, 0) is 68.5 Å². The second-order valence-corrected chi connectivity index (χ2v) is 37.0. The van der Waals surface area contributed by atoms with E-state index in [0.29, 0.717) is 98.9 Å². The van der Waals surface area contributed by atoms with Gasteiger partial charge in [0.1, 0.15) is 25.5 Å². The molecular formula is C48H75N9O16P6. The third-order valence-corrected chi connectivity index (χ3v) is 36.3. The van der Waals surface area contributed by atoms with Gasteiger partial charge < -0.3 is 50.4 Å². The summed E-state index contributed by atoms with van der Waals surface area (Å²) in [5.41, 5.74) is 0.939. The summed E-state index contributed by atoms with van der Waals surface area (Å²) in [6.45, 7) is 3.83. The monoisotopic (exact) mass is 1220 g/mol. The van der Waals surface area contributed by atoms with Crippen molar-refractivity contribution in [3.8, 4) is 0 Å². The predicted molar refractivity (Wildman–Crippen MR) is 309 cm³/mol. The summed E-state index contributed by atoms with van der Waals surface area (Å²) in [7, 11) is 5.56. The molecule has 2 aliphatic rings. The predicted octanol–water partition coefficient (Wildman–Crippen LogP) is 2.77. The van der Waals surface area contributed by atoms with Crippen molar-refractivity contribution < 1.29 is 77.1 Å². The lowest BCUT2D eigenvalue weighted by Gasteiger charge is -2.34. The van der Waals surface area contributed by atoms with E-state index in [9.17, 15) is 58.2 Å². The number of carbonyl (C=O) groups is 10. The first kappa shape index (κ1) is 67.3. The molecule has 2 aromatic rings. The fourth-order valence-corrected chi connectivity index (χ4v) is 34.6. The fourth-order valence-electron chi connectivity index (χ4n) is 8.83. The molecule has 1 saturated carbocycles. The second-order valence-electron chi connectivity index (χ2n) is 18.7. The smallest absolute Gasteiger partial charge is 0.326 e. The van der Waals surface area contributed by atoms with Crippen LogP contribution >= 0.6 is 48.5 Å². The number of hydrogen-bond acceptors (Lipinski definition) is 19. The van der Waals surface area contributed by atoms with Gasteiger partial charge in [-0.3, -0.25) is 63.0 Å². The SMILES string of the molecule is O=COCC[C@H](NC(=O)N[C@@H](CCCCNC(=O)[C@H](Cc1ccc2ccccc2c1)NC(=O)C1CCC(NP(PP)P(P)PC(=O)CN2CCN(COC=O)CCN(COC=O)CCN(CC(=O)O)CC2)CC1)C(=O)O)OC=O. The van der Waals surface area contributed by atoms with Crippen LogP contribution in [-0.4, -0.2) is 207 Å². The number of carbonyl (C=O) groups excluding carboxylic acids is 8. The van der Waals surface area contributed by atoms with Crippen molar-refractivity contribution >= 4 is 120 Å². The molecule has 1 saturated heterocycles. The van der Waals surface area contributed by atoms with Gasteiger partial charge in [-0.1, -0.05) is 50.4 Å². The average Bonchev–Trinajstić information content (AvgIpc) is 3.42. The number of urea groups is 1. The Morgan fingerprint density at radius 2 is 1.32 bits per heavy atom. The molecule has 438 valence electrons. The zero-order valence-electron chi connectivity index (χ0n) is 43.9. The van der Waals surface area contributed by atoms with Crippen LogP contribution < -0.4 is 26.4 Å². The molecule has 79 heavy (non-hydrogen) atoms. The molecule has 6 unspecified atom stereocenters. The molecule has 1 heterocycles. The lowest BCUT2D eigenvalue weighted by Crippen LogP contribution is -2.50. The quantitative estimate of drug-likeness (QED) is 0.0172. The largest absolute Gasteiger partial charge is 0.480 e. The summed E-state index contributed by atoms with van der Waals surface area (Å²) in [4.78, 5) is 129. The number of carboxylic acids is 2. The molecule has 4 rings (SSSR count). The van der Waals surface area contributed by atoms with Gasteiger partial charge in [0.05, 0.1) is 19.7 Å². The zero-order chi connectivity index (χ0) is 57.4. The van der Waals surface area contributed by atoms with Crippen LogP contribution in [0.5, 0.6) is 0 Å². The first-order chi connectivity index (χ1) is 38.1. The minimum absolute atomic E-state index is 0.0135. The topological polar surface area (TPSA) is 321 Å². The van der Waals surface area contributed by atoms with Crippen LogP contribution in [0, 0.1) is 5.92 Å². The zero-order valence-corrected chi connectivity index (χ0v) is 50.0. The third kappa shape index (κ3) is 26.5. The van der Waals surface area contributed by atoms with Gasteiger partial charge in [0.2, 0.25) is 11.8 Å². The molecule has 0 bridgehead atoms. The maximum Gasteiger partial charge on any atom is 0.326 e. The van der Waals surface area contributed by atoms with E-state index < -0.39 is 56.6 Å². The van der Waals surface area contributed by atoms with Gasteiger partial charge in [-0.05, 0) is 76.5 Å². The summed E-state index contributed by atoms with van der Waals surface area (Å²) in [5.74, 6) is -3.23. The van der Waals surface area contributed by atoms with Gasteiger partial charge in [0, 0.05) is 91.2 Å². The van der Waals surface area contributed by atoms with Crippen molar-refractivity contribution in [1.29, 1.82) is 0 Å². The van der Waals surface area contributed by atoms with Crippen molar-refractivity contribution in [2.45, 2.75) is 82.1 Å². The van der Waals surface area contributed by atoms with Gasteiger partial charge in [-0.2, -0.15) is 0 Å². The number of amides is 4. The van der Waals surface area contributed by atoms with E-state index in [-0.39, 0.29) is 104 Å². The first-order valence-electron chi connectivity index (χ1n) is 25.7. The number of benzene rings is 2. The van der Waals surface area contributed by atoms with Crippen molar-refractivity contribution in [1.82, 2.24) is 46.0 Å². The van der Waals surface area contributed by atoms with Crippen LogP contribution in [0.3, 0.4) is 0 Å². The lowest BCUT2D eigenvalue weighted by molar-refractivity contribution is -0.140. The number of rotatable bonds is 35. The Morgan fingerprint density at radius 1 is 0.709 bits per heavy atom. The number of fused-ring (bicyclic) bond motifs is 1. The Bertz CT molecular complexity index is 2280. The highest BCUT2D eigenvalue weighted by atomic mass is 32.9. The summed E-state index contributed by atoms with van der Waals surface area (Å²) in [6.07, 6.45) is 2.30. The third-order valence-electron chi connectivity index (χ3n) is 13.1. The number of nitrogens with zero attached hydrogens (tertiary/aromatic N) is 4. The van der Waals surface area contributed by atoms with Gasteiger partial charge in [-0.25, -0.2) is 9.59 Å². The Balaban J connectivity index is 1.30. The van der Waals surface area contributed by atoms with E-state index in [1.165, 1.54) is 0 Å². The molecule has 4 amide bonds. The van der Waals surface area contributed by atoms with Gasteiger partial charge in [0.15, 0.2) is 11.8 Å². The Kier molecular flexibility index (Phi) is 32.8. The lowest BCUT2D eigenvalue weighted by atomic mass is 9.85. The minimum Gasteiger partial charge on any atom is -0.480 e. The molecular weight excluding hydrogens is 1140 g/mol. The molecule has 0 spiro atoms. The number of carboxylic acid groups (broad SMARTS) is 2. The molecule has 2 aromatic carbocycles. The Morgan fingerprint density at radius 3 is 1.90 bits per heavy atom. The Labute approximate surface area is 469 Å². The second kappa shape index (κ2) is 38.5. The highest BCUT2D eigenvalue weighted by Crippen LogP contribution is 2.90. The molecule has 1 aliphatic heterocycles. The summed E-state index contributed by atoms with van der Waals surface area (Å²) in [6, 6.07) is 10.7. The van der Waals surface area contributed by atoms with Crippen LogP contribution in [0.15, 0.2) is 42.5 Å². The first-order valence-corrected chi connectivity index (χ1v) is 36.2. The average molecular weight is 1220 g/mol. The van der Waals surface area contributed by atoms with Crippen LogP contribution in [0.25, 0.3) is 10.8 Å². The van der Waals surface area contributed by atoms with E-state index in [4.69, 9.17) is 14.2 Å². The van der Waals surface area contributed by atoms with E-state index in [1.54, 1.807) is 4.90 Å². The number of ether oxygens (including phenoxy) is 4. The highest BCUT2D eigenvalue weighted by Gasteiger charge is 2.32. The molecule has 7 N–H and O–H groups in total. The molecule has 0 aromatic heterocycles. The maximum atomic E-state index is 14.0. The van der Waals surface area contributed by atoms with Crippen LogP contribution in [0.2, 0.25) is 0 Å². The van der Waals surface area contributed by atoms with Gasteiger partial charge in [-0.15, -0.1) is 17.9 Å². The molecule has 0 radical (unpaired) electrons. The van der Waals surface area contributed by atoms with Crippen LogP contribution in [0.1, 0.15) is 56.9 Å². The Hall–Kier alpha value is -4.22. The summed E-state index contributed by atoms with van der Waals surface area (Å²) < 4.78 is 19.4. The van der Waals surface area contributed by atoms with E-state index in [1.807, 2.05) is 57.2 Å².